The zero-order valence-corrected chi connectivity index (χ0v) is 23.2. The molecule has 1 fully saturated rings. The van der Waals surface area contributed by atoms with E-state index in [0.717, 1.165) is 74.4 Å². The molecule has 196 valence electrons. The SMILES string of the molecule is CC(C)(C)c1cccc(C=CCCN2CCN(CCC=Cc3cccc(C(C)(C)C)c3O)CC2)c1O. The third-order valence-electron chi connectivity index (χ3n) is 7.03. The third-order valence-corrected chi connectivity index (χ3v) is 7.03. The minimum Gasteiger partial charge on any atom is -0.507 e. The van der Waals surface area contributed by atoms with Crippen LogP contribution in [0.4, 0.5) is 0 Å². The number of benzene rings is 2. The summed E-state index contributed by atoms with van der Waals surface area (Å²) in [6.45, 7) is 19.2. The maximum atomic E-state index is 10.6. The second-order valence-corrected chi connectivity index (χ2v) is 12.1. The van der Waals surface area contributed by atoms with Gasteiger partial charge in [-0.1, -0.05) is 102 Å². The van der Waals surface area contributed by atoms with Gasteiger partial charge in [0.25, 0.3) is 0 Å². The first kappa shape index (κ1) is 28.0. The summed E-state index contributed by atoms with van der Waals surface area (Å²) in [5.74, 6) is 0.807. The van der Waals surface area contributed by atoms with Crippen molar-refractivity contribution in [3.05, 3.63) is 70.8 Å². The molecule has 0 unspecified atom stereocenters. The van der Waals surface area contributed by atoms with Gasteiger partial charge in [-0.3, -0.25) is 0 Å². The van der Waals surface area contributed by atoms with Crippen molar-refractivity contribution in [2.45, 2.75) is 65.2 Å². The molecule has 2 aromatic carbocycles. The predicted molar refractivity (Wildman–Crippen MR) is 154 cm³/mol. The van der Waals surface area contributed by atoms with Crippen LogP contribution < -0.4 is 0 Å². The Kier molecular flexibility index (Phi) is 9.43. The second kappa shape index (κ2) is 12.1. The van der Waals surface area contributed by atoms with Crippen molar-refractivity contribution in [3.8, 4) is 11.5 Å². The fourth-order valence-corrected chi connectivity index (χ4v) is 4.77. The van der Waals surface area contributed by atoms with Crippen LogP contribution in [0.1, 0.15) is 76.6 Å². The lowest BCUT2D eigenvalue weighted by molar-refractivity contribution is 0.136. The average Bonchev–Trinajstić information content (AvgIpc) is 2.80. The van der Waals surface area contributed by atoms with Crippen LogP contribution >= 0.6 is 0 Å². The van der Waals surface area contributed by atoms with Crippen molar-refractivity contribution >= 4 is 12.2 Å². The molecule has 1 aliphatic rings. The monoisotopic (exact) mass is 490 g/mol. The summed E-state index contributed by atoms with van der Waals surface area (Å²) in [6.07, 6.45) is 10.5. The summed E-state index contributed by atoms with van der Waals surface area (Å²) in [5.41, 5.74) is 3.65. The van der Waals surface area contributed by atoms with Gasteiger partial charge in [0.05, 0.1) is 0 Å². The topological polar surface area (TPSA) is 46.9 Å². The van der Waals surface area contributed by atoms with E-state index in [-0.39, 0.29) is 10.8 Å². The smallest absolute Gasteiger partial charge is 0.126 e. The van der Waals surface area contributed by atoms with Crippen molar-refractivity contribution in [2.75, 3.05) is 39.3 Å². The van der Waals surface area contributed by atoms with E-state index in [0.29, 0.717) is 11.5 Å². The molecule has 4 nitrogen and oxygen atoms in total. The van der Waals surface area contributed by atoms with Gasteiger partial charge in [0.2, 0.25) is 0 Å². The van der Waals surface area contributed by atoms with E-state index >= 15 is 0 Å². The summed E-state index contributed by atoms with van der Waals surface area (Å²) in [6, 6.07) is 12.0. The van der Waals surface area contributed by atoms with Gasteiger partial charge in [0.15, 0.2) is 0 Å². The Balaban J connectivity index is 1.39. The zero-order valence-electron chi connectivity index (χ0n) is 23.2. The Labute approximate surface area is 219 Å². The molecule has 4 heteroatoms. The van der Waals surface area contributed by atoms with Crippen LogP contribution in [-0.2, 0) is 10.8 Å². The highest BCUT2D eigenvalue weighted by Gasteiger charge is 2.20. The van der Waals surface area contributed by atoms with Crippen LogP contribution in [0, 0.1) is 0 Å². The van der Waals surface area contributed by atoms with Gasteiger partial charge in [0.1, 0.15) is 11.5 Å². The molecule has 0 radical (unpaired) electrons. The minimum absolute atomic E-state index is 0.0670. The van der Waals surface area contributed by atoms with E-state index in [1.54, 1.807) is 0 Å². The Hall–Kier alpha value is -2.56. The van der Waals surface area contributed by atoms with Gasteiger partial charge in [-0.25, -0.2) is 0 Å². The molecule has 3 rings (SSSR count). The van der Waals surface area contributed by atoms with E-state index in [1.807, 2.05) is 36.4 Å². The van der Waals surface area contributed by atoms with Crippen molar-refractivity contribution < 1.29 is 10.2 Å². The largest absolute Gasteiger partial charge is 0.507 e. The number of phenols is 2. The highest BCUT2D eigenvalue weighted by molar-refractivity contribution is 5.61. The Bertz CT molecular complexity index is 963. The first-order valence-corrected chi connectivity index (χ1v) is 13.4. The minimum atomic E-state index is -0.0670. The van der Waals surface area contributed by atoms with E-state index in [1.165, 1.54) is 0 Å². The molecule has 1 aliphatic heterocycles. The molecule has 0 aromatic heterocycles. The molecule has 36 heavy (non-hydrogen) atoms. The molecule has 1 saturated heterocycles. The number of piperazine rings is 1. The predicted octanol–water partition coefficient (Wildman–Crippen LogP) is 6.82. The fraction of sp³-hybridized carbons (Fsp3) is 0.500. The van der Waals surface area contributed by atoms with Crippen LogP contribution in [0.5, 0.6) is 11.5 Å². The van der Waals surface area contributed by atoms with Crippen LogP contribution in [0.3, 0.4) is 0 Å². The van der Waals surface area contributed by atoms with Crippen molar-refractivity contribution in [1.29, 1.82) is 0 Å². The maximum Gasteiger partial charge on any atom is 0.126 e. The molecular formula is C32H46N2O2. The fourth-order valence-electron chi connectivity index (χ4n) is 4.77. The third kappa shape index (κ3) is 7.72. The number of hydrogen-bond acceptors (Lipinski definition) is 4. The molecule has 0 atom stereocenters. The van der Waals surface area contributed by atoms with Gasteiger partial charge in [-0.05, 0) is 34.8 Å². The maximum absolute atomic E-state index is 10.6. The summed E-state index contributed by atoms with van der Waals surface area (Å²) in [4.78, 5) is 5.05. The second-order valence-electron chi connectivity index (χ2n) is 12.1. The molecule has 0 spiro atoms. The van der Waals surface area contributed by atoms with E-state index in [9.17, 15) is 10.2 Å². The molecule has 0 amide bonds. The number of rotatable bonds is 8. The highest BCUT2D eigenvalue weighted by Crippen LogP contribution is 2.34. The van der Waals surface area contributed by atoms with Crippen LogP contribution in [0.2, 0.25) is 0 Å². The normalized spacial score (nSPS) is 16.4. The first-order chi connectivity index (χ1) is 17.0. The Morgan fingerprint density at radius 3 is 1.33 bits per heavy atom. The molecule has 2 aromatic rings. The van der Waals surface area contributed by atoms with Crippen LogP contribution in [0.15, 0.2) is 48.6 Å². The molecule has 0 aliphatic carbocycles. The van der Waals surface area contributed by atoms with Crippen LogP contribution in [-0.4, -0.2) is 59.3 Å². The highest BCUT2D eigenvalue weighted by atomic mass is 16.3. The van der Waals surface area contributed by atoms with E-state index in [2.05, 4.69) is 75.6 Å². The van der Waals surface area contributed by atoms with Gasteiger partial charge in [-0.2, -0.15) is 0 Å². The quantitative estimate of drug-likeness (QED) is 0.426. The summed E-state index contributed by atoms with van der Waals surface area (Å²) in [5, 5.41) is 21.3. The number of phenolic OH excluding ortho intramolecular Hbond substituents is 2. The average molecular weight is 491 g/mol. The molecule has 2 N–H and O–H groups in total. The van der Waals surface area contributed by atoms with Gasteiger partial charge in [0, 0.05) is 50.4 Å². The van der Waals surface area contributed by atoms with Crippen molar-refractivity contribution in [2.24, 2.45) is 0 Å². The Morgan fingerprint density at radius 1 is 0.639 bits per heavy atom. The van der Waals surface area contributed by atoms with Crippen LogP contribution in [0.25, 0.3) is 12.2 Å². The molecule has 0 bridgehead atoms. The zero-order chi connectivity index (χ0) is 26.3. The van der Waals surface area contributed by atoms with E-state index < -0.39 is 0 Å². The van der Waals surface area contributed by atoms with Gasteiger partial charge < -0.3 is 20.0 Å². The summed E-state index contributed by atoms with van der Waals surface area (Å²) in [7, 11) is 0. The first-order valence-electron chi connectivity index (χ1n) is 13.4. The lowest BCUT2D eigenvalue weighted by Crippen LogP contribution is -2.46. The summed E-state index contributed by atoms with van der Waals surface area (Å²) < 4.78 is 0. The van der Waals surface area contributed by atoms with Crippen molar-refractivity contribution in [3.63, 3.8) is 0 Å². The summed E-state index contributed by atoms with van der Waals surface area (Å²) >= 11 is 0. The van der Waals surface area contributed by atoms with E-state index in [4.69, 9.17) is 0 Å². The lowest BCUT2D eigenvalue weighted by atomic mass is 9.85. The molecule has 0 saturated carbocycles. The Morgan fingerprint density at radius 2 is 1.00 bits per heavy atom. The number of para-hydroxylation sites is 2. The number of aromatic hydroxyl groups is 2. The molecule has 1 heterocycles. The van der Waals surface area contributed by atoms with Gasteiger partial charge >= 0.3 is 0 Å². The van der Waals surface area contributed by atoms with Gasteiger partial charge in [-0.15, -0.1) is 0 Å². The number of hydrogen-bond donors (Lipinski definition) is 2. The molecular weight excluding hydrogens is 444 g/mol. The standard InChI is InChI=1S/C32H46N2O2/c1-31(2,3)27-17-11-15-25(29(27)35)13-7-9-19-33-21-23-34(24-22-33)20-10-8-14-26-16-12-18-28(30(26)36)32(4,5)6/h7-8,11-18,35-36H,9-10,19-24H2,1-6H3. The number of nitrogens with zero attached hydrogens (tertiary/aromatic N) is 2. The lowest BCUT2D eigenvalue weighted by Gasteiger charge is -2.34. The van der Waals surface area contributed by atoms with Crippen molar-refractivity contribution in [1.82, 2.24) is 9.80 Å².